The van der Waals surface area contributed by atoms with Crippen molar-refractivity contribution in [1.29, 1.82) is 0 Å². The molecule has 1 unspecified atom stereocenters. The van der Waals surface area contributed by atoms with Gasteiger partial charge in [0, 0.05) is 30.6 Å². The van der Waals surface area contributed by atoms with Gasteiger partial charge >= 0.3 is 6.61 Å². The number of piperidine rings is 1. The van der Waals surface area contributed by atoms with Crippen molar-refractivity contribution in [2.75, 3.05) is 39.4 Å². The summed E-state index contributed by atoms with van der Waals surface area (Å²) in [4.78, 5) is 16.9. The van der Waals surface area contributed by atoms with Crippen LogP contribution in [0.15, 0.2) is 18.2 Å². The second kappa shape index (κ2) is 8.28. The van der Waals surface area contributed by atoms with E-state index in [1.807, 2.05) is 4.90 Å². The first kappa shape index (κ1) is 21.1. The lowest BCUT2D eigenvalue weighted by molar-refractivity contribution is -0.161. The molecule has 0 aromatic heterocycles. The summed E-state index contributed by atoms with van der Waals surface area (Å²) in [6.45, 7) is 1.73. The van der Waals surface area contributed by atoms with E-state index in [1.54, 1.807) is 6.07 Å². The molecule has 4 fully saturated rings. The van der Waals surface area contributed by atoms with Crippen LogP contribution in [0.3, 0.4) is 0 Å². The van der Waals surface area contributed by atoms with Crippen LogP contribution in [-0.4, -0.2) is 67.8 Å². The fourth-order valence-electron chi connectivity index (χ4n) is 5.95. The first-order valence-corrected chi connectivity index (χ1v) is 11.3. The molecule has 1 aromatic carbocycles. The number of alkyl halides is 2. The van der Waals surface area contributed by atoms with Crippen molar-refractivity contribution in [2.45, 2.75) is 50.7 Å². The number of halogens is 3. The molecule has 0 bridgehead atoms. The summed E-state index contributed by atoms with van der Waals surface area (Å²) < 4.78 is 48.7. The van der Waals surface area contributed by atoms with Crippen LogP contribution in [0.5, 0.6) is 5.75 Å². The van der Waals surface area contributed by atoms with Gasteiger partial charge in [-0.05, 0) is 62.7 Å². The summed E-state index contributed by atoms with van der Waals surface area (Å²) in [7, 11) is 0. The summed E-state index contributed by atoms with van der Waals surface area (Å²) in [5.74, 6) is -0.181. The molecule has 1 aromatic rings. The summed E-state index contributed by atoms with van der Waals surface area (Å²) in [5.41, 5.74) is 0.953. The fraction of sp³-hybridized carbons (Fsp3) is 0.696. The number of hydrogen-bond acceptors (Lipinski definition) is 4. The molecular formula is C23H29F3N2O3. The first-order valence-electron chi connectivity index (χ1n) is 11.3. The highest BCUT2D eigenvalue weighted by atomic mass is 19.3. The molecule has 1 amide bonds. The Kier molecular flexibility index (Phi) is 5.63. The smallest absolute Gasteiger partial charge is 0.387 e. The number of benzene rings is 1. The normalized spacial score (nSPS) is 26.8. The summed E-state index contributed by atoms with van der Waals surface area (Å²) >= 11 is 0. The van der Waals surface area contributed by atoms with E-state index in [9.17, 15) is 18.0 Å². The lowest BCUT2D eigenvalue weighted by Gasteiger charge is -2.50. The Morgan fingerprint density at radius 3 is 2.55 bits per heavy atom. The predicted molar refractivity (Wildman–Crippen MR) is 108 cm³/mol. The van der Waals surface area contributed by atoms with Crippen LogP contribution in [0.4, 0.5) is 13.2 Å². The molecule has 1 saturated carbocycles. The SMILES string of the molecule is O=C(C1COC1)N1CC2(CCC(N3CCC(c4ccc(F)cc4OC(F)F)CC3)C2)C1. The van der Waals surface area contributed by atoms with Gasteiger partial charge in [0.05, 0.1) is 19.1 Å². The van der Waals surface area contributed by atoms with Crippen molar-refractivity contribution in [3.05, 3.63) is 29.6 Å². The monoisotopic (exact) mass is 438 g/mol. The van der Waals surface area contributed by atoms with E-state index < -0.39 is 12.4 Å². The minimum absolute atomic E-state index is 0.0376. The van der Waals surface area contributed by atoms with Crippen molar-refractivity contribution >= 4 is 5.91 Å². The van der Waals surface area contributed by atoms with E-state index in [1.165, 1.54) is 6.07 Å². The van der Waals surface area contributed by atoms with Crippen LogP contribution in [0.2, 0.25) is 0 Å². The second-order valence-corrected chi connectivity index (χ2v) is 9.70. The Morgan fingerprint density at radius 2 is 1.90 bits per heavy atom. The molecule has 3 saturated heterocycles. The van der Waals surface area contributed by atoms with E-state index >= 15 is 0 Å². The molecule has 1 spiro atoms. The summed E-state index contributed by atoms with van der Waals surface area (Å²) in [6.07, 6.45) is 5.13. The number of likely N-dealkylation sites (tertiary alicyclic amines) is 2. The average Bonchev–Trinajstić information content (AvgIpc) is 3.11. The standard InChI is InChI=1S/C23H29F3N2O3/c24-17-1-2-19(20(9-17)31-22(25)26)15-4-7-27(8-5-15)18-3-6-23(10-18)13-28(14-23)21(29)16-11-30-12-16/h1-2,9,15-16,18,22H,3-8,10-14H2. The molecule has 3 aliphatic heterocycles. The number of carbonyl (C=O) groups excluding carboxylic acids is 1. The number of nitrogens with zero attached hydrogens (tertiary/aromatic N) is 2. The maximum absolute atomic E-state index is 13.5. The fourth-order valence-corrected chi connectivity index (χ4v) is 5.95. The zero-order valence-corrected chi connectivity index (χ0v) is 17.6. The quantitative estimate of drug-likeness (QED) is 0.704. The van der Waals surface area contributed by atoms with Gasteiger partial charge in [0.1, 0.15) is 11.6 Å². The van der Waals surface area contributed by atoms with E-state index in [2.05, 4.69) is 9.64 Å². The largest absolute Gasteiger partial charge is 0.434 e. The van der Waals surface area contributed by atoms with Gasteiger partial charge in [-0.3, -0.25) is 4.79 Å². The van der Waals surface area contributed by atoms with Crippen LogP contribution in [0.25, 0.3) is 0 Å². The number of amides is 1. The molecule has 0 N–H and O–H groups in total. The lowest BCUT2D eigenvalue weighted by atomic mass is 9.77. The highest BCUT2D eigenvalue weighted by molar-refractivity contribution is 5.80. The summed E-state index contributed by atoms with van der Waals surface area (Å²) in [5, 5.41) is 0. The first-order chi connectivity index (χ1) is 14.9. The van der Waals surface area contributed by atoms with Crippen molar-refractivity contribution in [3.8, 4) is 5.75 Å². The topological polar surface area (TPSA) is 42.0 Å². The minimum Gasteiger partial charge on any atom is -0.434 e. The molecule has 3 heterocycles. The molecule has 170 valence electrons. The Labute approximate surface area is 180 Å². The van der Waals surface area contributed by atoms with Crippen LogP contribution in [-0.2, 0) is 9.53 Å². The number of ether oxygens (including phenoxy) is 2. The molecule has 1 aliphatic carbocycles. The van der Waals surface area contributed by atoms with Gasteiger partial charge in [-0.1, -0.05) is 6.07 Å². The molecule has 8 heteroatoms. The molecule has 31 heavy (non-hydrogen) atoms. The van der Waals surface area contributed by atoms with E-state index in [0.29, 0.717) is 24.8 Å². The van der Waals surface area contributed by atoms with Crippen LogP contribution < -0.4 is 4.74 Å². The average molecular weight is 438 g/mol. The van der Waals surface area contributed by atoms with Crippen molar-refractivity contribution in [3.63, 3.8) is 0 Å². The minimum atomic E-state index is -2.96. The third-order valence-electron chi connectivity index (χ3n) is 7.71. The highest BCUT2D eigenvalue weighted by Crippen LogP contribution is 2.48. The Morgan fingerprint density at radius 1 is 1.16 bits per heavy atom. The molecule has 4 aliphatic rings. The zero-order chi connectivity index (χ0) is 21.6. The van der Waals surface area contributed by atoms with Crippen molar-refractivity contribution < 1.29 is 27.4 Å². The van der Waals surface area contributed by atoms with Gasteiger partial charge in [-0.15, -0.1) is 0 Å². The zero-order valence-electron chi connectivity index (χ0n) is 17.6. The number of carbonyl (C=O) groups is 1. The van der Waals surface area contributed by atoms with Crippen molar-refractivity contribution in [2.24, 2.45) is 11.3 Å². The van der Waals surface area contributed by atoms with Crippen LogP contribution >= 0.6 is 0 Å². The highest BCUT2D eigenvalue weighted by Gasteiger charge is 2.52. The summed E-state index contributed by atoms with van der Waals surface area (Å²) in [6, 6.07) is 4.49. The van der Waals surface area contributed by atoms with Gasteiger partial charge in [0.2, 0.25) is 5.91 Å². The molecule has 5 rings (SSSR count). The van der Waals surface area contributed by atoms with Crippen LogP contribution in [0.1, 0.15) is 43.6 Å². The molecular weight excluding hydrogens is 409 g/mol. The van der Waals surface area contributed by atoms with E-state index in [0.717, 1.165) is 64.3 Å². The van der Waals surface area contributed by atoms with Gasteiger partial charge in [0.15, 0.2) is 0 Å². The van der Waals surface area contributed by atoms with Gasteiger partial charge in [-0.2, -0.15) is 8.78 Å². The third-order valence-corrected chi connectivity index (χ3v) is 7.71. The lowest BCUT2D eigenvalue weighted by Crippen LogP contribution is -2.61. The Bertz CT molecular complexity index is 818. The second-order valence-electron chi connectivity index (χ2n) is 9.70. The molecule has 5 nitrogen and oxygen atoms in total. The third kappa shape index (κ3) is 4.16. The van der Waals surface area contributed by atoms with E-state index in [-0.39, 0.29) is 28.9 Å². The molecule has 1 atom stereocenters. The Balaban J connectivity index is 1.14. The number of rotatable bonds is 5. The maximum Gasteiger partial charge on any atom is 0.387 e. The van der Waals surface area contributed by atoms with Crippen molar-refractivity contribution in [1.82, 2.24) is 9.80 Å². The molecule has 0 radical (unpaired) electrons. The number of hydrogen-bond donors (Lipinski definition) is 0. The van der Waals surface area contributed by atoms with Gasteiger partial charge in [-0.25, -0.2) is 4.39 Å². The van der Waals surface area contributed by atoms with Gasteiger partial charge < -0.3 is 19.3 Å². The van der Waals surface area contributed by atoms with E-state index in [4.69, 9.17) is 4.74 Å². The Hall–Kier alpha value is -1.80. The maximum atomic E-state index is 13.5. The van der Waals surface area contributed by atoms with Gasteiger partial charge in [0.25, 0.3) is 0 Å². The van der Waals surface area contributed by atoms with Crippen LogP contribution in [0, 0.1) is 17.2 Å². The predicted octanol–water partition coefficient (Wildman–Crippen LogP) is 3.63.